The number of carbonyl (C=O) groups is 1. The number of carbonyl (C=O) groups excluding carboxylic acids is 1. The van der Waals surface area contributed by atoms with Crippen LogP contribution in [0.3, 0.4) is 0 Å². The molecule has 0 radical (unpaired) electrons. The molecule has 6 heteroatoms. The molecule has 1 amide bonds. The lowest BCUT2D eigenvalue weighted by Crippen LogP contribution is -2.48. The number of hydrogen-bond acceptors (Lipinski definition) is 4. The molecule has 0 N–H and O–H groups in total. The van der Waals surface area contributed by atoms with Crippen LogP contribution in [0.15, 0.2) is 29.6 Å². The summed E-state index contributed by atoms with van der Waals surface area (Å²) in [6, 6.07) is 6.61. The molecule has 1 unspecified atom stereocenters. The van der Waals surface area contributed by atoms with E-state index in [-0.39, 0.29) is 22.5 Å². The zero-order chi connectivity index (χ0) is 18.9. The Morgan fingerprint density at radius 3 is 2.50 bits per heavy atom. The van der Waals surface area contributed by atoms with Gasteiger partial charge >= 0.3 is 0 Å². The van der Waals surface area contributed by atoms with E-state index in [1.54, 1.807) is 34.1 Å². The minimum Gasteiger partial charge on any atom is -0.273 e. The van der Waals surface area contributed by atoms with E-state index < -0.39 is 0 Å². The molecule has 2 heterocycles. The maximum Gasteiger partial charge on any atom is 0.240 e. The minimum atomic E-state index is -0.259. The second-order valence-corrected chi connectivity index (χ2v) is 11.1. The summed E-state index contributed by atoms with van der Waals surface area (Å²) in [5.74, 6) is 2.87. The number of aromatic nitrogens is 1. The number of halogens is 1. The molecule has 1 saturated heterocycles. The van der Waals surface area contributed by atoms with Crippen LogP contribution in [-0.4, -0.2) is 16.6 Å². The van der Waals surface area contributed by atoms with E-state index in [1.807, 2.05) is 6.07 Å². The molecule has 146 valence electrons. The maximum atomic E-state index is 13.7. The molecule has 1 aromatic heterocycles. The van der Waals surface area contributed by atoms with Crippen LogP contribution < -0.4 is 4.90 Å². The number of thiazole rings is 1. The Labute approximate surface area is 172 Å². The summed E-state index contributed by atoms with van der Waals surface area (Å²) in [5.41, 5.74) is 2.30. The van der Waals surface area contributed by atoms with Crippen molar-refractivity contribution < 1.29 is 9.18 Å². The first-order chi connectivity index (χ1) is 13.6. The van der Waals surface area contributed by atoms with Gasteiger partial charge in [-0.05, 0) is 74.0 Å². The number of hydrogen-bond donors (Lipinski definition) is 0. The van der Waals surface area contributed by atoms with Crippen LogP contribution in [0.5, 0.6) is 0 Å². The smallest absolute Gasteiger partial charge is 0.240 e. The third-order valence-corrected chi connectivity index (χ3v) is 9.33. The van der Waals surface area contributed by atoms with Gasteiger partial charge in [0.15, 0.2) is 5.13 Å². The lowest BCUT2D eigenvalue weighted by molar-refractivity contribution is -0.115. The van der Waals surface area contributed by atoms with Gasteiger partial charge in [0.2, 0.25) is 5.91 Å². The van der Waals surface area contributed by atoms with Crippen molar-refractivity contribution in [1.29, 1.82) is 0 Å². The van der Waals surface area contributed by atoms with Crippen molar-refractivity contribution in [1.82, 2.24) is 4.98 Å². The Balaban J connectivity index is 1.33. The molecular weight excluding hydrogens is 391 g/mol. The number of anilines is 1. The fourth-order valence-corrected chi connectivity index (χ4v) is 8.78. The summed E-state index contributed by atoms with van der Waals surface area (Å²) in [7, 11) is 0. The van der Waals surface area contributed by atoms with Gasteiger partial charge in [0, 0.05) is 10.8 Å². The van der Waals surface area contributed by atoms with Crippen molar-refractivity contribution >= 4 is 34.1 Å². The number of amides is 1. The molecule has 4 bridgehead atoms. The summed E-state index contributed by atoms with van der Waals surface area (Å²) in [5, 5.41) is 2.81. The largest absolute Gasteiger partial charge is 0.273 e. The minimum absolute atomic E-state index is 0.0747. The summed E-state index contributed by atoms with van der Waals surface area (Å²) in [6.45, 7) is 0. The van der Waals surface area contributed by atoms with Crippen molar-refractivity contribution in [2.24, 2.45) is 17.8 Å². The van der Waals surface area contributed by atoms with Gasteiger partial charge < -0.3 is 0 Å². The Morgan fingerprint density at radius 1 is 1.11 bits per heavy atom. The van der Waals surface area contributed by atoms with Crippen LogP contribution in [0.1, 0.15) is 55.2 Å². The summed E-state index contributed by atoms with van der Waals surface area (Å²) in [6.07, 6.45) is 8.08. The molecule has 4 saturated carbocycles. The third kappa shape index (κ3) is 2.67. The van der Waals surface area contributed by atoms with Crippen LogP contribution >= 0.6 is 23.1 Å². The van der Waals surface area contributed by atoms with Gasteiger partial charge in [0.25, 0.3) is 0 Å². The van der Waals surface area contributed by atoms with Gasteiger partial charge in [-0.15, -0.1) is 23.1 Å². The molecule has 2 aromatic rings. The van der Waals surface area contributed by atoms with Crippen molar-refractivity contribution in [2.75, 3.05) is 10.7 Å². The predicted octanol–water partition coefficient (Wildman–Crippen LogP) is 5.53. The quantitative estimate of drug-likeness (QED) is 0.662. The van der Waals surface area contributed by atoms with Crippen molar-refractivity contribution in [3.05, 3.63) is 46.7 Å². The van der Waals surface area contributed by atoms with Crippen LogP contribution in [0, 0.1) is 23.6 Å². The van der Waals surface area contributed by atoms with Crippen molar-refractivity contribution in [2.45, 2.75) is 49.3 Å². The van der Waals surface area contributed by atoms with Crippen LogP contribution in [-0.2, 0) is 10.2 Å². The van der Waals surface area contributed by atoms with E-state index in [4.69, 9.17) is 4.98 Å². The molecule has 5 fully saturated rings. The number of rotatable bonds is 3. The first kappa shape index (κ1) is 17.5. The highest BCUT2D eigenvalue weighted by Gasteiger charge is 2.53. The fraction of sp³-hybridized carbons (Fsp3) is 0.545. The number of thioether (sulfide) groups is 1. The average Bonchev–Trinajstić information content (AvgIpc) is 3.27. The van der Waals surface area contributed by atoms with Crippen LogP contribution in [0.25, 0.3) is 0 Å². The number of benzene rings is 1. The Bertz CT molecular complexity index is 907. The van der Waals surface area contributed by atoms with E-state index in [0.29, 0.717) is 5.75 Å². The standard InChI is InChI=1S/C22H23FN2OS2/c23-17-3-1-2-16(7-17)20-25(19(26)12-27-20)21-24-18(11-28-21)22-8-13-4-14(9-22)6-15(5-13)10-22/h1-3,7,11,13-15,20H,4-6,8-10,12H2. The van der Waals surface area contributed by atoms with E-state index in [2.05, 4.69) is 5.38 Å². The van der Waals surface area contributed by atoms with Crippen molar-refractivity contribution in [3.8, 4) is 0 Å². The molecule has 0 spiro atoms. The molecule has 5 aliphatic rings. The van der Waals surface area contributed by atoms with E-state index in [1.165, 1.54) is 56.4 Å². The van der Waals surface area contributed by atoms with Crippen LogP contribution in [0.2, 0.25) is 0 Å². The van der Waals surface area contributed by atoms with Gasteiger partial charge in [-0.2, -0.15) is 0 Å². The van der Waals surface area contributed by atoms with E-state index >= 15 is 0 Å². The molecule has 4 aliphatic carbocycles. The van der Waals surface area contributed by atoms with Gasteiger partial charge in [0.05, 0.1) is 11.4 Å². The lowest BCUT2D eigenvalue weighted by Gasteiger charge is -2.56. The highest BCUT2D eigenvalue weighted by molar-refractivity contribution is 8.00. The lowest BCUT2D eigenvalue weighted by atomic mass is 9.49. The SMILES string of the molecule is O=C1CSC(c2cccc(F)c2)N1c1nc(C23CC4CC(CC(C4)C2)C3)cs1. The average molecular weight is 415 g/mol. The van der Waals surface area contributed by atoms with Gasteiger partial charge in [-0.3, -0.25) is 9.69 Å². The molecule has 7 rings (SSSR count). The highest BCUT2D eigenvalue weighted by Crippen LogP contribution is 2.61. The zero-order valence-electron chi connectivity index (χ0n) is 15.6. The van der Waals surface area contributed by atoms with E-state index in [9.17, 15) is 9.18 Å². The second-order valence-electron chi connectivity index (χ2n) is 9.20. The summed E-state index contributed by atoms with van der Waals surface area (Å²) >= 11 is 3.15. The van der Waals surface area contributed by atoms with Crippen LogP contribution in [0.4, 0.5) is 9.52 Å². The molecule has 1 aliphatic heterocycles. The first-order valence-electron chi connectivity index (χ1n) is 10.2. The topological polar surface area (TPSA) is 33.2 Å². The molecule has 1 atom stereocenters. The molecule has 28 heavy (non-hydrogen) atoms. The zero-order valence-corrected chi connectivity index (χ0v) is 17.3. The highest BCUT2D eigenvalue weighted by atomic mass is 32.2. The molecular formula is C22H23FN2OS2. The predicted molar refractivity (Wildman–Crippen MR) is 111 cm³/mol. The van der Waals surface area contributed by atoms with Crippen molar-refractivity contribution in [3.63, 3.8) is 0 Å². The van der Waals surface area contributed by atoms with Gasteiger partial charge in [0.1, 0.15) is 11.2 Å². The maximum absolute atomic E-state index is 13.7. The molecule has 1 aromatic carbocycles. The number of nitrogens with zero attached hydrogens (tertiary/aromatic N) is 2. The third-order valence-electron chi connectivity index (χ3n) is 7.28. The normalized spacial score (nSPS) is 36.5. The Hall–Kier alpha value is -1.40. The van der Waals surface area contributed by atoms with Gasteiger partial charge in [-0.25, -0.2) is 9.37 Å². The first-order valence-corrected chi connectivity index (χ1v) is 12.2. The Kier molecular flexibility index (Phi) is 3.93. The van der Waals surface area contributed by atoms with E-state index in [0.717, 1.165) is 28.4 Å². The Morgan fingerprint density at radius 2 is 1.82 bits per heavy atom. The summed E-state index contributed by atoms with van der Waals surface area (Å²) in [4.78, 5) is 19.5. The second kappa shape index (κ2) is 6.30. The summed E-state index contributed by atoms with van der Waals surface area (Å²) < 4.78 is 13.7. The monoisotopic (exact) mass is 414 g/mol. The molecule has 3 nitrogen and oxygen atoms in total. The fourth-order valence-electron chi connectivity index (χ4n) is 6.58. The van der Waals surface area contributed by atoms with Gasteiger partial charge in [-0.1, -0.05) is 12.1 Å².